The summed E-state index contributed by atoms with van der Waals surface area (Å²) in [5.41, 5.74) is 1.28. The number of amides is 1. The summed E-state index contributed by atoms with van der Waals surface area (Å²) >= 11 is 0. The van der Waals surface area contributed by atoms with E-state index in [0.717, 1.165) is 5.56 Å². The van der Waals surface area contributed by atoms with Crippen molar-refractivity contribution in [3.63, 3.8) is 0 Å². The van der Waals surface area contributed by atoms with Crippen LogP contribution in [0, 0.1) is 0 Å². The van der Waals surface area contributed by atoms with Crippen molar-refractivity contribution in [3.8, 4) is 11.5 Å². The average Bonchev–Trinajstić information content (AvgIpc) is 3.18. The second-order valence-corrected chi connectivity index (χ2v) is 8.19. The van der Waals surface area contributed by atoms with E-state index in [9.17, 15) is 13.2 Å². The molecular weight excluding hydrogens is 380 g/mol. The van der Waals surface area contributed by atoms with Crippen molar-refractivity contribution in [3.05, 3.63) is 54.5 Å². The SMILES string of the molecule is CCn1c(-c2cnccn2)nnc1S(=O)(=O)[C@@H](C)C(=O)NCc1ccccc1. The first kappa shape index (κ1) is 19.6. The third-order valence-corrected chi connectivity index (χ3v) is 6.18. The number of aromatic nitrogens is 5. The first-order chi connectivity index (χ1) is 13.4. The molecule has 0 fully saturated rings. The van der Waals surface area contributed by atoms with E-state index in [-0.39, 0.29) is 17.5 Å². The molecule has 0 bridgehead atoms. The summed E-state index contributed by atoms with van der Waals surface area (Å²) in [6.45, 7) is 3.64. The third-order valence-electron chi connectivity index (χ3n) is 4.22. The molecule has 0 saturated heterocycles. The Morgan fingerprint density at radius 2 is 1.93 bits per heavy atom. The fourth-order valence-electron chi connectivity index (χ4n) is 2.62. The van der Waals surface area contributed by atoms with Crippen molar-refractivity contribution in [2.75, 3.05) is 0 Å². The number of rotatable bonds is 7. The first-order valence-electron chi connectivity index (χ1n) is 8.70. The molecule has 0 radical (unpaired) electrons. The van der Waals surface area contributed by atoms with Gasteiger partial charge in [0.2, 0.25) is 15.7 Å². The maximum absolute atomic E-state index is 13.0. The van der Waals surface area contributed by atoms with Gasteiger partial charge in [-0.25, -0.2) is 13.4 Å². The zero-order valence-electron chi connectivity index (χ0n) is 15.5. The average molecular weight is 400 g/mol. The van der Waals surface area contributed by atoms with Gasteiger partial charge in [-0.1, -0.05) is 30.3 Å². The molecule has 10 heteroatoms. The molecule has 1 amide bonds. The Balaban J connectivity index is 1.84. The molecule has 0 unspecified atom stereocenters. The number of carbonyl (C=O) groups excluding carboxylic acids is 1. The molecule has 1 aromatic carbocycles. The molecule has 0 aliphatic rings. The number of benzene rings is 1. The van der Waals surface area contributed by atoms with Crippen LogP contribution in [0.2, 0.25) is 0 Å². The largest absolute Gasteiger partial charge is 0.351 e. The number of hydrogen-bond acceptors (Lipinski definition) is 7. The Kier molecular flexibility index (Phi) is 5.78. The Morgan fingerprint density at radius 1 is 1.18 bits per heavy atom. The van der Waals surface area contributed by atoms with Crippen LogP contribution in [0.3, 0.4) is 0 Å². The molecule has 3 aromatic rings. The number of carbonyl (C=O) groups is 1. The lowest BCUT2D eigenvalue weighted by Crippen LogP contribution is -2.38. The van der Waals surface area contributed by atoms with Crippen LogP contribution in [-0.2, 0) is 27.7 Å². The highest BCUT2D eigenvalue weighted by atomic mass is 32.2. The third kappa shape index (κ3) is 3.91. The topological polar surface area (TPSA) is 120 Å². The quantitative estimate of drug-likeness (QED) is 0.633. The minimum absolute atomic E-state index is 0.241. The Hall–Kier alpha value is -3.14. The monoisotopic (exact) mass is 400 g/mol. The minimum atomic E-state index is -4.04. The highest BCUT2D eigenvalue weighted by Gasteiger charge is 2.35. The number of hydrogen-bond donors (Lipinski definition) is 1. The molecular formula is C18H20N6O3S. The second kappa shape index (κ2) is 8.26. The van der Waals surface area contributed by atoms with Gasteiger partial charge in [-0.2, -0.15) is 0 Å². The zero-order valence-corrected chi connectivity index (χ0v) is 16.3. The van der Waals surface area contributed by atoms with Gasteiger partial charge in [-0.3, -0.25) is 14.3 Å². The lowest BCUT2D eigenvalue weighted by atomic mass is 10.2. The van der Waals surface area contributed by atoms with Crippen LogP contribution in [0.4, 0.5) is 0 Å². The Morgan fingerprint density at radius 3 is 2.57 bits per heavy atom. The lowest BCUT2D eigenvalue weighted by Gasteiger charge is -2.14. The molecule has 146 valence electrons. The van der Waals surface area contributed by atoms with Gasteiger partial charge in [0.15, 0.2) is 5.82 Å². The van der Waals surface area contributed by atoms with Gasteiger partial charge < -0.3 is 5.32 Å². The van der Waals surface area contributed by atoms with Crippen molar-refractivity contribution in [2.24, 2.45) is 0 Å². The Labute approximate surface area is 162 Å². The molecule has 2 aromatic heterocycles. The van der Waals surface area contributed by atoms with Gasteiger partial charge in [-0.05, 0) is 19.4 Å². The standard InChI is InChI=1S/C18H20N6O3S/c1-3-24-16(15-12-19-9-10-20-15)22-23-18(24)28(26,27)13(2)17(25)21-11-14-7-5-4-6-8-14/h4-10,12-13H,3,11H2,1-2H3,(H,21,25)/t13-/m0/s1. The van der Waals surface area contributed by atoms with Crippen molar-refractivity contribution < 1.29 is 13.2 Å². The fraction of sp³-hybridized carbons (Fsp3) is 0.278. The van der Waals surface area contributed by atoms with Crippen molar-refractivity contribution >= 4 is 15.7 Å². The van der Waals surface area contributed by atoms with Crippen LogP contribution < -0.4 is 5.32 Å². The Bertz CT molecular complexity index is 1050. The summed E-state index contributed by atoms with van der Waals surface area (Å²) in [5, 5.41) is 8.86. The molecule has 1 atom stereocenters. The van der Waals surface area contributed by atoms with Crippen LogP contribution in [-0.4, -0.2) is 44.3 Å². The number of sulfone groups is 1. The van der Waals surface area contributed by atoms with E-state index in [4.69, 9.17) is 0 Å². The van der Waals surface area contributed by atoms with Gasteiger partial charge in [0.1, 0.15) is 10.9 Å². The first-order valence-corrected chi connectivity index (χ1v) is 10.2. The maximum Gasteiger partial charge on any atom is 0.250 e. The van der Waals surface area contributed by atoms with E-state index in [1.165, 1.54) is 30.1 Å². The van der Waals surface area contributed by atoms with Crippen LogP contribution in [0.5, 0.6) is 0 Å². The summed E-state index contributed by atoms with van der Waals surface area (Å²) < 4.78 is 27.4. The van der Waals surface area contributed by atoms with Crippen LogP contribution in [0.1, 0.15) is 19.4 Å². The van der Waals surface area contributed by atoms with E-state index < -0.39 is 21.0 Å². The van der Waals surface area contributed by atoms with E-state index in [1.807, 2.05) is 30.3 Å². The zero-order chi connectivity index (χ0) is 20.1. The van der Waals surface area contributed by atoms with Gasteiger partial charge >= 0.3 is 0 Å². The predicted molar refractivity (Wildman–Crippen MR) is 102 cm³/mol. The molecule has 3 rings (SSSR count). The summed E-state index contributed by atoms with van der Waals surface area (Å²) in [7, 11) is -4.04. The number of nitrogens with one attached hydrogen (secondary N) is 1. The molecule has 0 spiro atoms. The summed E-state index contributed by atoms with van der Waals surface area (Å²) in [4.78, 5) is 20.5. The van der Waals surface area contributed by atoms with E-state index in [1.54, 1.807) is 6.92 Å². The molecule has 0 aliphatic carbocycles. The van der Waals surface area contributed by atoms with Gasteiger partial charge in [0.05, 0.1) is 6.20 Å². The van der Waals surface area contributed by atoms with Crippen molar-refractivity contribution in [2.45, 2.75) is 37.3 Å². The van der Waals surface area contributed by atoms with E-state index in [0.29, 0.717) is 12.2 Å². The molecule has 28 heavy (non-hydrogen) atoms. The van der Waals surface area contributed by atoms with Gasteiger partial charge in [0, 0.05) is 25.5 Å². The number of nitrogens with zero attached hydrogens (tertiary/aromatic N) is 5. The summed E-state index contributed by atoms with van der Waals surface area (Å²) in [6.07, 6.45) is 4.47. The molecule has 9 nitrogen and oxygen atoms in total. The minimum Gasteiger partial charge on any atom is -0.351 e. The molecule has 2 heterocycles. The molecule has 1 N–H and O–H groups in total. The van der Waals surface area contributed by atoms with Gasteiger partial charge in [0.25, 0.3) is 5.16 Å². The van der Waals surface area contributed by atoms with Crippen LogP contribution in [0.25, 0.3) is 11.5 Å². The van der Waals surface area contributed by atoms with Crippen LogP contribution in [0.15, 0.2) is 54.1 Å². The van der Waals surface area contributed by atoms with Gasteiger partial charge in [-0.15, -0.1) is 10.2 Å². The molecule has 0 saturated carbocycles. The lowest BCUT2D eigenvalue weighted by molar-refractivity contribution is -0.120. The summed E-state index contributed by atoms with van der Waals surface area (Å²) in [5.74, 6) is -0.318. The fourth-order valence-corrected chi connectivity index (χ4v) is 3.97. The van der Waals surface area contributed by atoms with Crippen molar-refractivity contribution in [1.29, 1.82) is 0 Å². The highest BCUT2D eigenvalue weighted by Crippen LogP contribution is 2.21. The van der Waals surface area contributed by atoms with E-state index in [2.05, 4.69) is 25.5 Å². The maximum atomic E-state index is 13.0. The molecule has 0 aliphatic heterocycles. The highest BCUT2D eigenvalue weighted by molar-refractivity contribution is 7.92. The van der Waals surface area contributed by atoms with E-state index >= 15 is 0 Å². The normalized spacial score (nSPS) is 12.5. The van der Waals surface area contributed by atoms with Crippen LogP contribution >= 0.6 is 0 Å². The van der Waals surface area contributed by atoms with Crippen molar-refractivity contribution in [1.82, 2.24) is 30.0 Å². The smallest absolute Gasteiger partial charge is 0.250 e. The summed E-state index contributed by atoms with van der Waals surface area (Å²) in [6, 6.07) is 9.25. The second-order valence-electron chi connectivity index (χ2n) is 6.03. The predicted octanol–water partition coefficient (Wildman–Crippen LogP) is 1.23.